The molecule has 0 heterocycles. The Labute approximate surface area is 143 Å². The lowest BCUT2D eigenvalue weighted by Gasteiger charge is -2.27. The summed E-state index contributed by atoms with van der Waals surface area (Å²) in [6.07, 6.45) is 25.4. The van der Waals surface area contributed by atoms with Gasteiger partial charge in [0, 0.05) is 7.26 Å². The summed E-state index contributed by atoms with van der Waals surface area (Å²) in [5.74, 6) is 0. The summed E-state index contributed by atoms with van der Waals surface area (Å²) < 4.78 is 0. The Morgan fingerprint density at radius 1 is 0.364 bits per heavy atom. The summed E-state index contributed by atoms with van der Waals surface area (Å²) in [7, 11) is -0.570. The van der Waals surface area contributed by atoms with Crippen molar-refractivity contribution in [1.29, 1.82) is 0 Å². The second-order valence-corrected chi connectivity index (χ2v) is 11.9. The van der Waals surface area contributed by atoms with Gasteiger partial charge in [-0.2, -0.15) is 0 Å². The van der Waals surface area contributed by atoms with Gasteiger partial charge in [0.2, 0.25) is 0 Å². The molecule has 0 nitrogen and oxygen atoms in total. The van der Waals surface area contributed by atoms with E-state index in [-0.39, 0.29) is 0 Å². The molecule has 22 heavy (non-hydrogen) atoms. The SMILES string of the molecule is CCCCCCCCCCCC[P+](CCC)(CCC)CCC. The zero-order valence-corrected chi connectivity index (χ0v) is 17.4. The zero-order valence-electron chi connectivity index (χ0n) is 16.5. The van der Waals surface area contributed by atoms with Crippen LogP contribution in [-0.2, 0) is 0 Å². The molecule has 0 spiro atoms. The summed E-state index contributed by atoms with van der Waals surface area (Å²) in [6.45, 7) is 9.51. The van der Waals surface area contributed by atoms with Gasteiger partial charge < -0.3 is 0 Å². The minimum absolute atomic E-state index is 0.570. The van der Waals surface area contributed by atoms with Crippen molar-refractivity contribution in [3.8, 4) is 0 Å². The third-order valence-electron chi connectivity index (χ3n) is 5.08. The van der Waals surface area contributed by atoms with E-state index in [0.29, 0.717) is 0 Å². The molecule has 0 aliphatic heterocycles. The molecule has 0 rings (SSSR count). The molecule has 0 aromatic rings. The van der Waals surface area contributed by atoms with Crippen LogP contribution >= 0.6 is 7.26 Å². The van der Waals surface area contributed by atoms with Gasteiger partial charge in [-0.05, 0) is 32.1 Å². The normalized spacial score (nSPS) is 12.0. The molecule has 0 saturated carbocycles. The minimum atomic E-state index is -0.570. The number of hydrogen-bond acceptors (Lipinski definition) is 0. The minimum Gasteiger partial charge on any atom is -0.0654 e. The molecule has 0 radical (unpaired) electrons. The fourth-order valence-corrected chi connectivity index (χ4v) is 9.11. The molecule has 0 unspecified atom stereocenters. The Kier molecular flexibility index (Phi) is 16.6. The first-order valence-corrected chi connectivity index (χ1v) is 13.1. The smallest absolute Gasteiger partial charge is 0.0594 e. The molecule has 0 aromatic heterocycles. The van der Waals surface area contributed by atoms with Crippen molar-refractivity contribution in [2.24, 2.45) is 0 Å². The second kappa shape index (κ2) is 16.3. The second-order valence-electron chi connectivity index (χ2n) is 7.42. The number of hydrogen-bond donors (Lipinski definition) is 0. The Morgan fingerprint density at radius 2 is 0.727 bits per heavy atom. The first-order chi connectivity index (χ1) is 10.7. The molecule has 0 fully saturated rings. The Bertz CT molecular complexity index is 195. The van der Waals surface area contributed by atoms with Gasteiger partial charge in [0.05, 0.1) is 24.6 Å². The van der Waals surface area contributed by atoms with E-state index in [9.17, 15) is 0 Å². The summed E-state index contributed by atoms with van der Waals surface area (Å²) in [4.78, 5) is 0. The van der Waals surface area contributed by atoms with Crippen LogP contribution in [0.1, 0.15) is 111 Å². The van der Waals surface area contributed by atoms with Crippen molar-refractivity contribution in [2.75, 3.05) is 24.6 Å². The van der Waals surface area contributed by atoms with Gasteiger partial charge in [-0.15, -0.1) is 0 Å². The fraction of sp³-hybridized carbons (Fsp3) is 1.00. The maximum absolute atomic E-state index is 2.40. The van der Waals surface area contributed by atoms with E-state index < -0.39 is 7.26 Å². The monoisotopic (exact) mass is 329 g/mol. The quantitative estimate of drug-likeness (QED) is 0.186. The first-order valence-electron chi connectivity index (χ1n) is 10.6. The van der Waals surface area contributed by atoms with Crippen LogP contribution in [0.5, 0.6) is 0 Å². The molecule has 0 N–H and O–H groups in total. The van der Waals surface area contributed by atoms with Gasteiger partial charge in [0.25, 0.3) is 0 Å². The Hall–Kier alpha value is 0.430. The van der Waals surface area contributed by atoms with Gasteiger partial charge in [-0.25, -0.2) is 0 Å². The molecule has 0 amide bonds. The predicted molar refractivity (Wildman–Crippen MR) is 109 cm³/mol. The Balaban J connectivity index is 3.70. The van der Waals surface area contributed by atoms with E-state index >= 15 is 0 Å². The lowest BCUT2D eigenvalue weighted by molar-refractivity contribution is 0.562. The lowest BCUT2D eigenvalue weighted by Crippen LogP contribution is -2.11. The molecule has 0 saturated heterocycles. The standard InChI is InChI=1S/C21H46P/c1-5-9-10-11-12-13-14-15-16-17-21-22(18-6-2,19-7-3)20-8-4/h5-21H2,1-4H3/q+1. The highest BCUT2D eigenvalue weighted by atomic mass is 31.2. The highest BCUT2D eigenvalue weighted by molar-refractivity contribution is 7.75. The van der Waals surface area contributed by atoms with E-state index in [0.717, 1.165) is 0 Å². The van der Waals surface area contributed by atoms with E-state index in [1.54, 1.807) is 24.6 Å². The van der Waals surface area contributed by atoms with E-state index in [2.05, 4.69) is 27.7 Å². The number of unbranched alkanes of at least 4 members (excludes halogenated alkanes) is 9. The van der Waals surface area contributed by atoms with Crippen molar-refractivity contribution in [2.45, 2.75) is 111 Å². The topological polar surface area (TPSA) is 0 Å². The van der Waals surface area contributed by atoms with Crippen LogP contribution in [0.4, 0.5) is 0 Å². The molecule has 0 aliphatic rings. The van der Waals surface area contributed by atoms with Crippen molar-refractivity contribution in [3.05, 3.63) is 0 Å². The van der Waals surface area contributed by atoms with Gasteiger partial charge in [-0.1, -0.05) is 79.1 Å². The lowest BCUT2D eigenvalue weighted by atomic mass is 10.1. The fourth-order valence-electron chi connectivity index (χ4n) is 4.03. The van der Waals surface area contributed by atoms with Crippen molar-refractivity contribution in [3.63, 3.8) is 0 Å². The van der Waals surface area contributed by atoms with Crippen molar-refractivity contribution < 1.29 is 0 Å². The van der Waals surface area contributed by atoms with Crippen LogP contribution in [-0.4, -0.2) is 24.6 Å². The third-order valence-corrected chi connectivity index (χ3v) is 10.5. The van der Waals surface area contributed by atoms with Crippen LogP contribution in [0.3, 0.4) is 0 Å². The van der Waals surface area contributed by atoms with Crippen LogP contribution in [0, 0.1) is 0 Å². The number of rotatable bonds is 17. The molecule has 1 heteroatoms. The summed E-state index contributed by atoms with van der Waals surface area (Å²) >= 11 is 0. The zero-order chi connectivity index (χ0) is 16.5. The average Bonchev–Trinajstić information content (AvgIpc) is 2.50. The summed E-state index contributed by atoms with van der Waals surface area (Å²) in [5.41, 5.74) is 0. The molecular formula is C21H46P+. The molecule has 134 valence electrons. The molecule has 0 aromatic carbocycles. The highest BCUT2D eigenvalue weighted by Crippen LogP contribution is 2.60. The van der Waals surface area contributed by atoms with Gasteiger partial charge in [0.1, 0.15) is 0 Å². The van der Waals surface area contributed by atoms with E-state index in [1.807, 2.05) is 0 Å². The van der Waals surface area contributed by atoms with E-state index in [1.165, 1.54) is 83.5 Å². The van der Waals surface area contributed by atoms with Crippen LogP contribution in [0.2, 0.25) is 0 Å². The largest absolute Gasteiger partial charge is 0.0654 e. The van der Waals surface area contributed by atoms with Gasteiger partial charge in [0.15, 0.2) is 0 Å². The molecular weight excluding hydrogens is 283 g/mol. The van der Waals surface area contributed by atoms with Crippen molar-refractivity contribution in [1.82, 2.24) is 0 Å². The third kappa shape index (κ3) is 11.9. The van der Waals surface area contributed by atoms with Gasteiger partial charge in [-0.3, -0.25) is 0 Å². The summed E-state index contributed by atoms with van der Waals surface area (Å²) in [5, 5.41) is 0. The Morgan fingerprint density at radius 3 is 1.09 bits per heavy atom. The maximum atomic E-state index is 2.40. The highest BCUT2D eigenvalue weighted by Gasteiger charge is 2.33. The first kappa shape index (κ1) is 22.4. The maximum Gasteiger partial charge on any atom is 0.0594 e. The molecule has 0 bridgehead atoms. The average molecular weight is 330 g/mol. The molecule has 0 aliphatic carbocycles. The van der Waals surface area contributed by atoms with Crippen LogP contribution < -0.4 is 0 Å². The van der Waals surface area contributed by atoms with Crippen LogP contribution in [0.25, 0.3) is 0 Å². The van der Waals surface area contributed by atoms with Crippen LogP contribution in [0.15, 0.2) is 0 Å². The van der Waals surface area contributed by atoms with Crippen molar-refractivity contribution >= 4 is 7.26 Å². The van der Waals surface area contributed by atoms with Gasteiger partial charge >= 0.3 is 0 Å². The summed E-state index contributed by atoms with van der Waals surface area (Å²) in [6, 6.07) is 0. The van der Waals surface area contributed by atoms with E-state index in [4.69, 9.17) is 0 Å². The molecule has 0 atom stereocenters. The predicted octanol–water partition coefficient (Wildman–Crippen LogP) is 8.15.